The van der Waals surface area contributed by atoms with Crippen molar-refractivity contribution >= 4 is 27.3 Å². The van der Waals surface area contributed by atoms with Crippen molar-refractivity contribution in [2.75, 3.05) is 0 Å². The third-order valence-electron chi connectivity index (χ3n) is 3.28. The van der Waals surface area contributed by atoms with E-state index in [2.05, 4.69) is 47.1 Å². The van der Waals surface area contributed by atoms with Gasteiger partial charge in [0.2, 0.25) is 0 Å². The molecule has 2 aromatic rings. The van der Waals surface area contributed by atoms with E-state index in [9.17, 15) is 0 Å². The highest BCUT2D eigenvalue weighted by Crippen LogP contribution is 2.34. The van der Waals surface area contributed by atoms with Crippen molar-refractivity contribution in [3.8, 4) is 10.6 Å². The Hall–Kier alpha value is -0.670. The molecule has 3 rings (SSSR count). The Morgan fingerprint density at radius 3 is 2.82 bits per heavy atom. The van der Waals surface area contributed by atoms with Gasteiger partial charge in [-0.3, -0.25) is 0 Å². The first-order valence-electron chi connectivity index (χ1n) is 5.97. The monoisotopic (exact) mass is 307 g/mol. The minimum Gasteiger partial charge on any atom is -0.241 e. The first-order valence-corrected chi connectivity index (χ1v) is 7.58. The summed E-state index contributed by atoms with van der Waals surface area (Å²) in [5.74, 6) is 0.820. The molecule has 17 heavy (non-hydrogen) atoms. The van der Waals surface area contributed by atoms with Crippen LogP contribution in [0.3, 0.4) is 0 Å². The lowest BCUT2D eigenvalue weighted by molar-refractivity contribution is 0.502. The summed E-state index contributed by atoms with van der Waals surface area (Å²) in [4.78, 5) is 6.29. The van der Waals surface area contributed by atoms with E-state index in [1.807, 2.05) is 11.3 Å². The molecule has 1 heterocycles. The highest BCUT2D eigenvalue weighted by Gasteiger charge is 2.19. The van der Waals surface area contributed by atoms with Crippen LogP contribution in [0, 0.1) is 5.92 Å². The van der Waals surface area contributed by atoms with E-state index in [-0.39, 0.29) is 0 Å². The molecule has 3 heteroatoms. The van der Waals surface area contributed by atoms with E-state index in [1.165, 1.54) is 34.0 Å². The van der Waals surface area contributed by atoms with Crippen LogP contribution in [0.1, 0.15) is 23.9 Å². The first-order chi connectivity index (χ1) is 8.22. The molecule has 0 saturated carbocycles. The van der Waals surface area contributed by atoms with E-state index >= 15 is 0 Å². The molecule has 0 fully saturated rings. The fraction of sp³-hybridized carbons (Fsp3) is 0.357. The highest BCUT2D eigenvalue weighted by molar-refractivity contribution is 9.10. The molecule has 1 aliphatic carbocycles. The van der Waals surface area contributed by atoms with Gasteiger partial charge in [0.05, 0.1) is 5.69 Å². The molecule has 0 bridgehead atoms. The van der Waals surface area contributed by atoms with E-state index < -0.39 is 0 Å². The van der Waals surface area contributed by atoms with Gasteiger partial charge in [-0.1, -0.05) is 35.0 Å². The van der Waals surface area contributed by atoms with Crippen molar-refractivity contribution in [3.05, 3.63) is 39.3 Å². The van der Waals surface area contributed by atoms with Gasteiger partial charge in [-0.2, -0.15) is 0 Å². The van der Waals surface area contributed by atoms with E-state index in [1.54, 1.807) is 0 Å². The molecule has 1 nitrogen and oxygen atoms in total. The Morgan fingerprint density at radius 1 is 1.29 bits per heavy atom. The summed E-state index contributed by atoms with van der Waals surface area (Å²) < 4.78 is 1.12. The van der Waals surface area contributed by atoms with Gasteiger partial charge in [-0.25, -0.2) is 4.98 Å². The number of aryl methyl sites for hydroxylation is 1. The Bertz CT molecular complexity index is 530. The van der Waals surface area contributed by atoms with E-state index in [4.69, 9.17) is 4.98 Å². The number of benzene rings is 1. The second kappa shape index (κ2) is 4.54. The van der Waals surface area contributed by atoms with Crippen molar-refractivity contribution in [2.24, 2.45) is 5.92 Å². The van der Waals surface area contributed by atoms with Crippen LogP contribution in [0.5, 0.6) is 0 Å². The zero-order valence-electron chi connectivity index (χ0n) is 9.74. The molecular formula is C14H14BrNS. The van der Waals surface area contributed by atoms with Crippen LogP contribution in [-0.2, 0) is 12.8 Å². The van der Waals surface area contributed by atoms with Crippen LogP contribution in [-0.4, -0.2) is 4.98 Å². The predicted octanol–water partition coefficient (Wildman–Crippen LogP) is 4.70. The van der Waals surface area contributed by atoms with Gasteiger partial charge in [-0.15, -0.1) is 11.3 Å². The third kappa shape index (κ3) is 2.31. The molecule has 1 atom stereocenters. The number of halogens is 1. The van der Waals surface area contributed by atoms with Gasteiger partial charge in [0, 0.05) is 14.9 Å². The van der Waals surface area contributed by atoms with Gasteiger partial charge >= 0.3 is 0 Å². The summed E-state index contributed by atoms with van der Waals surface area (Å²) in [6, 6.07) is 8.44. The second-order valence-corrected chi connectivity index (χ2v) is 6.74. The normalized spacial score (nSPS) is 19.1. The quantitative estimate of drug-likeness (QED) is 0.744. The maximum Gasteiger partial charge on any atom is 0.123 e. The summed E-state index contributed by atoms with van der Waals surface area (Å²) in [6.45, 7) is 2.34. The predicted molar refractivity (Wildman–Crippen MR) is 76.4 cm³/mol. The molecular weight excluding hydrogens is 294 g/mol. The molecule has 0 N–H and O–H groups in total. The van der Waals surface area contributed by atoms with Crippen molar-refractivity contribution in [1.29, 1.82) is 0 Å². The van der Waals surface area contributed by atoms with Gasteiger partial charge in [0.15, 0.2) is 0 Å². The maximum absolute atomic E-state index is 4.79. The zero-order valence-corrected chi connectivity index (χ0v) is 12.1. The maximum atomic E-state index is 4.79. The standard InChI is InChI=1S/C14H14BrNS/c1-9-2-7-12-13(8-9)17-14(16-12)10-3-5-11(15)6-4-10/h3-6,9H,2,7-8H2,1H3. The number of hydrogen-bond donors (Lipinski definition) is 0. The van der Waals surface area contributed by atoms with Crippen LogP contribution < -0.4 is 0 Å². The van der Waals surface area contributed by atoms with Gasteiger partial charge in [0.1, 0.15) is 5.01 Å². The third-order valence-corrected chi connectivity index (χ3v) is 4.97. The Labute approximate surface area is 114 Å². The number of hydrogen-bond acceptors (Lipinski definition) is 2. The largest absolute Gasteiger partial charge is 0.241 e. The van der Waals surface area contributed by atoms with E-state index in [0.717, 1.165) is 16.8 Å². The highest BCUT2D eigenvalue weighted by atomic mass is 79.9. The Balaban J connectivity index is 1.97. The minimum atomic E-state index is 0.820. The molecule has 0 aliphatic heterocycles. The van der Waals surface area contributed by atoms with E-state index in [0.29, 0.717) is 0 Å². The summed E-state index contributed by atoms with van der Waals surface area (Å²) in [5.41, 5.74) is 2.58. The fourth-order valence-electron chi connectivity index (χ4n) is 2.26. The molecule has 0 amide bonds. The van der Waals surface area contributed by atoms with Crippen LogP contribution in [0.25, 0.3) is 10.6 Å². The minimum absolute atomic E-state index is 0.820. The van der Waals surface area contributed by atoms with Gasteiger partial charge < -0.3 is 0 Å². The molecule has 0 spiro atoms. The van der Waals surface area contributed by atoms with Crippen molar-refractivity contribution in [3.63, 3.8) is 0 Å². The zero-order chi connectivity index (χ0) is 11.8. The first kappa shape index (κ1) is 11.4. The lowest BCUT2D eigenvalue weighted by Crippen LogP contribution is -2.09. The van der Waals surface area contributed by atoms with Crippen LogP contribution >= 0.6 is 27.3 Å². The van der Waals surface area contributed by atoms with Crippen molar-refractivity contribution in [1.82, 2.24) is 4.98 Å². The summed E-state index contributed by atoms with van der Waals surface area (Å²) >= 11 is 5.34. The number of thiazole rings is 1. The molecule has 0 radical (unpaired) electrons. The smallest absolute Gasteiger partial charge is 0.123 e. The lowest BCUT2D eigenvalue weighted by atomic mass is 9.93. The van der Waals surface area contributed by atoms with Crippen LogP contribution in [0.4, 0.5) is 0 Å². The lowest BCUT2D eigenvalue weighted by Gasteiger charge is -2.15. The number of nitrogens with zero attached hydrogens (tertiary/aromatic N) is 1. The SMILES string of the molecule is CC1CCc2nc(-c3ccc(Br)cc3)sc2C1. The summed E-state index contributed by atoms with van der Waals surface area (Å²) in [5, 5.41) is 1.18. The molecule has 1 unspecified atom stereocenters. The molecule has 0 saturated heterocycles. The number of rotatable bonds is 1. The Kier molecular flexibility index (Phi) is 3.05. The van der Waals surface area contributed by atoms with Gasteiger partial charge in [-0.05, 0) is 37.3 Å². The topological polar surface area (TPSA) is 12.9 Å². The second-order valence-electron chi connectivity index (χ2n) is 4.74. The van der Waals surface area contributed by atoms with Gasteiger partial charge in [0.25, 0.3) is 0 Å². The molecule has 88 valence electrons. The summed E-state index contributed by atoms with van der Waals surface area (Å²) in [6.07, 6.45) is 3.66. The van der Waals surface area contributed by atoms with Crippen LogP contribution in [0.2, 0.25) is 0 Å². The number of fused-ring (bicyclic) bond motifs is 1. The molecule has 1 aromatic heterocycles. The van der Waals surface area contributed by atoms with Crippen molar-refractivity contribution in [2.45, 2.75) is 26.2 Å². The van der Waals surface area contributed by atoms with Crippen molar-refractivity contribution < 1.29 is 0 Å². The molecule has 1 aliphatic rings. The fourth-order valence-corrected chi connectivity index (χ4v) is 3.80. The number of aromatic nitrogens is 1. The Morgan fingerprint density at radius 2 is 2.06 bits per heavy atom. The summed E-state index contributed by atoms with van der Waals surface area (Å²) in [7, 11) is 0. The average molecular weight is 308 g/mol. The average Bonchev–Trinajstić information content (AvgIpc) is 2.72. The van der Waals surface area contributed by atoms with Crippen LogP contribution in [0.15, 0.2) is 28.7 Å². The molecule has 1 aromatic carbocycles.